The molecule has 1 aromatic heterocycles. The quantitative estimate of drug-likeness (QED) is 0.603. The van der Waals surface area contributed by atoms with Crippen molar-refractivity contribution in [2.75, 3.05) is 10.7 Å². The van der Waals surface area contributed by atoms with Gasteiger partial charge in [-0.25, -0.2) is 4.68 Å². The molecule has 1 saturated carbocycles. The molecule has 1 fully saturated rings. The Hall–Kier alpha value is -2.51. The minimum Gasteiger partial charge on any atom is -0.325 e. The highest BCUT2D eigenvalue weighted by molar-refractivity contribution is 8.00. The van der Waals surface area contributed by atoms with Crippen LogP contribution in [0.3, 0.4) is 0 Å². The molecule has 30 heavy (non-hydrogen) atoms. The molecule has 1 atom stereocenters. The second-order valence-corrected chi connectivity index (χ2v) is 9.34. The van der Waals surface area contributed by atoms with Crippen LogP contribution < -0.4 is 10.7 Å². The Morgan fingerprint density at radius 1 is 1.10 bits per heavy atom. The number of amides is 1. The maximum Gasteiger partial charge on any atom is 0.240 e. The van der Waals surface area contributed by atoms with Crippen LogP contribution in [0.2, 0.25) is 5.02 Å². The number of nitrogens with zero attached hydrogens (tertiary/aromatic N) is 3. The number of halogens is 1. The monoisotopic (exact) mass is 439 g/mol. The highest BCUT2D eigenvalue weighted by atomic mass is 35.5. The van der Waals surface area contributed by atoms with Crippen molar-refractivity contribution in [1.82, 2.24) is 14.9 Å². The summed E-state index contributed by atoms with van der Waals surface area (Å²) in [6.45, 7) is 0. The lowest BCUT2D eigenvalue weighted by Crippen LogP contribution is -2.59. The first-order chi connectivity index (χ1) is 14.6. The van der Waals surface area contributed by atoms with E-state index in [2.05, 4.69) is 20.9 Å². The summed E-state index contributed by atoms with van der Waals surface area (Å²) in [4.78, 5) is 13.4. The molecule has 0 radical (unpaired) electrons. The number of carbonyl (C=O) groups excluding carboxylic acids is 1. The third-order valence-electron chi connectivity index (χ3n) is 5.80. The number of anilines is 1. The van der Waals surface area contributed by atoms with Gasteiger partial charge < -0.3 is 10.7 Å². The number of rotatable bonds is 3. The summed E-state index contributed by atoms with van der Waals surface area (Å²) >= 11 is 7.58. The summed E-state index contributed by atoms with van der Waals surface area (Å²) in [7, 11) is 0. The van der Waals surface area contributed by atoms with Crippen LogP contribution in [0.15, 0.2) is 59.8 Å². The Kier molecular flexibility index (Phi) is 5.16. The van der Waals surface area contributed by atoms with E-state index in [9.17, 15) is 4.79 Å². The average molecular weight is 440 g/mol. The van der Waals surface area contributed by atoms with Crippen LogP contribution in [0.25, 0.3) is 11.4 Å². The highest BCUT2D eigenvalue weighted by Crippen LogP contribution is 2.44. The molecule has 1 amide bonds. The molecular formula is C22H22ClN5OS. The Morgan fingerprint density at radius 2 is 1.90 bits per heavy atom. The van der Waals surface area contributed by atoms with Gasteiger partial charge in [-0.3, -0.25) is 4.79 Å². The molecule has 1 spiro atoms. The number of hydrogen-bond donors (Lipinski definition) is 2. The minimum absolute atomic E-state index is 0.0350. The van der Waals surface area contributed by atoms with E-state index >= 15 is 0 Å². The summed E-state index contributed by atoms with van der Waals surface area (Å²) in [5.41, 5.74) is 5.03. The zero-order valence-electron chi connectivity index (χ0n) is 16.3. The van der Waals surface area contributed by atoms with Gasteiger partial charge in [0.1, 0.15) is 5.25 Å². The van der Waals surface area contributed by atoms with Crippen LogP contribution in [-0.4, -0.2) is 31.6 Å². The number of nitrogens with one attached hydrogen (secondary N) is 2. The molecule has 0 bridgehead atoms. The van der Waals surface area contributed by atoms with E-state index in [1.807, 2.05) is 47.1 Å². The first kappa shape index (κ1) is 19.5. The zero-order chi connectivity index (χ0) is 20.6. The smallest absolute Gasteiger partial charge is 0.240 e. The van der Waals surface area contributed by atoms with Gasteiger partial charge in [0, 0.05) is 16.3 Å². The van der Waals surface area contributed by atoms with E-state index < -0.39 is 0 Å². The Balaban J connectivity index is 1.49. The van der Waals surface area contributed by atoms with Crippen molar-refractivity contribution >= 4 is 35.0 Å². The van der Waals surface area contributed by atoms with E-state index in [0.29, 0.717) is 15.9 Å². The van der Waals surface area contributed by atoms with E-state index in [0.717, 1.165) is 37.1 Å². The molecule has 0 unspecified atom stereocenters. The second kappa shape index (κ2) is 7.96. The van der Waals surface area contributed by atoms with Gasteiger partial charge in [-0.15, -0.1) is 10.2 Å². The van der Waals surface area contributed by atoms with E-state index in [-0.39, 0.29) is 16.7 Å². The Bertz CT molecular complexity index is 1060. The van der Waals surface area contributed by atoms with Gasteiger partial charge in [0.2, 0.25) is 11.1 Å². The standard InChI is InChI=1S/C22H22ClN5OS/c23-16-10-7-11-17(14-16)24-20(29)18-22(12-5-2-6-13-22)27-28-19(25-26-21(28)30-18)15-8-3-1-4-9-15/h1,3-4,7-11,14,18,27H,2,5-6,12-13H2,(H,24,29)/t18-/m0/s1. The third-order valence-corrected chi connectivity index (χ3v) is 7.41. The SMILES string of the molecule is O=C(Nc1cccc(Cl)c1)[C@@H]1Sc2nnc(-c3ccccc3)n2NC12CCCCC2. The molecular weight excluding hydrogens is 418 g/mol. The van der Waals surface area contributed by atoms with Crippen LogP contribution in [0, 0.1) is 0 Å². The molecule has 3 aromatic rings. The molecule has 2 aromatic carbocycles. The first-order valence-electron chi connectivity index (χ1n) is 10.2. The fraction of sp³-hybridized carbons (Fsp3) is 0.318. The molecule has 0 saturated heterocycles. The zero-order valence-corrected chi connectivity index (χ0v) is 17.9. The lowest BCUT2D eigenvalue weighted by molar-refractivity contribution is -0.117. The summed E-state index contributed by atoms with van der Waals surface area (Å²) in [5, 5.41) is 12.8. The molecule has 2 N–H and O–H groups in total. The number of hydrogen-bond acceptors (Lipinski definition) is 5. The predicted molar refractivity (Wildman–Crippen MR) is 120 cm³/mol. The van der Waals surface area contributed by atoms with Gasteiger partial charge in [0.05, 0.1) is 5.54 Å². The summed E-state index contributed by atoms with van der Waals surface area (Å²) in [6, 6.07) is 17.3. The molecule has 6 nitrogen and oxygen atoms in total. The van der Waals surface area contributed by atoms with Gasteiger partial charge in [-0.05, 0) is 31.0 Å². The first-order valence-corrected chi connectivity index (χ1v) is 11.4. The normalized spacial score (nSPS) is 19.7. The van der Waals surface area contributed by atoms with Crippen molar-refractivity contribution in [3.63, 3.8) is 0 Å². The summed E-state index contributed by atoms with van der Waals surface area (Å²) in [6.07, 6.45) is 5.23. The third kappa shape index (κ3) is 3.56. The Labute approximate surface area is 184 Å². The maximum atomic E-state index is 13.4. The van der Waals surface area contributed by atoms with E-state index in [1.54, 1.807) is 12.1 Å². The topological polar surface area (TPSA) is 71.8 Å². The summed E-state index contributed by atoms with van der Waals surface area (Å²) < 4.78 is 1.97. The van der Waals surface area contributed by atoms with Crippen LogP contribution in [0.5, 0.6) is 0 Å². The number of aromatic nitrogens is 3. The van der Waals surface area contributed by atoms with Crippen molar-refractivity contribution in [3.05, 3.63) is 59.6 Å². The molecule has 154 valence electrons. The van der Waals surface area contributed by atoms with Gasteiger partial charge >= 0.3 is 0 Å². The molecule has 2 aliphatic rings. The number of carbonyl (C=O) groups is 1. The molecule has 1 aliphatic heterocycles. The number of benzene rings is 2. The molecule has 8 heteroatoms. The van der Waals surface area contributed by atoms with E-state index in [4.69, 9.17) is 11.6 Å². The minimum atomic E-state index is -0.343. The molecule has 5 rings (SSSR count). The van der Waals surface area contributed by atoms with Crippen LogP contribution in [0.1, 0.15) is 32.1 Å². The van der Waals surface area contributed by atoms with Crippen molar-refractivity contribution in [2.45, 2.75) is 48.0 Å². The van der Waals surface area contributed by atoms with Crippen molar-refractivity contribution in [2.24, 2.45) is 0 Å². The highest BCUT2D eigenvalue weighted by Gasteiger charge is 2.49. The Morgan fingerprint density at radius 3 is 2.67 bits per heavy atom. The van der Waals surface area contributed by atoms with Gasteiger partial charge in [-0.1, -0.05) is 79.0 Å². The fourth-order valence-electron chi connectivity index (χ4n) is 4.36. The lowest BCUT2D eigenvalue weighted by Gasteiger charge is -2.46. The maximum absolute atomic E-state index is 13.4. The van der Waals surface area contributed by atoms with Crippen molar-refractivity contribution in [1.29, 1.82) is 0 Å². The van der Waals surface area contributed by atoms with Crippen LogP contribution in [-0.2, 0) is 4.79 Å². The number of thioether (sulfide) groups is 1. The second-order valence-electron chi connectivity index (χ2n) is 7.83. The van der Waals surface area contributed by atoms with E-state index in [1.165, 1.54) is 18.2 Å². The largest absolute Gasteiger partial charge is 0.325 e. The molecule has 1 aliphatic carbocycles. The van der Waals surface area contributed by atoms with Crippen molar-refractivity contribution in [3.8, 4) is 11.4 Å². The predicted octanol–water partition coefficient (Wildman–Crippen LogP) is 4.96. The summed E-state index contributed by atoms with van der Waals surface area (Å²) in [5.74, 6) is 0.740. The van der Waals surface area contributed by atoms with Crippen molar-refractivity contribution < 1.29 is 4.79 Å². The average Bonchev–Trinajstić information content (AvgIpc) is 3.16. The lowest BCUT2D eigenvalue weighted by atomic mass is 9.79. The fourth-order valence-corrected chi connectivity index (χ4v) is 5.76. The van der Waals surface area contributed by atoms with Crippen LogP contribution in [0.4, 0.5) is 5.69 Å². The molecule has 2 heterocycles. The van der Waals surface area contributed by atoms with Gasteiger partial charge in [0.15, 0.2) is 5.82 Å². The number of fused-ring (bicyclic) bond motifs is 1. The van der Waals surface area contributed by atoms with Crippen LogP contribution >= 0.6 is 23.4 Å². The van der Waals surface area contributed by atoms with Gasteiger partial charge in [0.25, 0.3) is 0 Å². The van der Waals surface area contributed by atoms with Gasteiger partial charge in [-0.2, -0.15) is 0 Å².